The number of benzene rings is 1. The monoisotopic (exact) mass is 304 g/mol. The molecule has 0 aliphatic carbocycles. The molecule has 106 valence electrons. The highest BCUT2D eigenvalue weighted by molar-refractivity contribution is 6.31. The van der Waals surface area contributed by atoms with Crippen molar-refractivity contribution in [3.8, 4) is 11.3 Å². The smallest absolute Gasteiger partial charge is 0.248 e. The Balaban J connectivity index is 2.55. The van der Waals surface area contributed by atoms with Gasteiger partial charge in [0.15, 0.2) is 5.15 Å². The number of aryl methyl sites for hydroxylation is 2. The molecule has 2 aromatic rings. The topological polar surface area (TPSA) is 25.8 Å². The van der Waals surface area contributed by atoms with Crippen molar-refractivity contribution >= 4 is 11.6 Å². The maximum absolute atomic E-state index is 13.5. The number of alkyl halides is 3. The maximum Gasteiger partial charge on any atom is 0.419 e. The lowest BCUT2D eigenvalue weighted by atomic mass is 10.1. The van der Waals surface area contributed by atoms with Gasteiger partial charge < -0.3 is 0 Å². The van der Waals surface area contributed by atoms with Crippen LogP contribution in [-0.4, -0.2) is 9.97 Å². The van der Waals surface area contributed by atoms with Crippen molar-refractivity contribution in [2.45, 2.75) is 20.0 Å². The summed E-state index contributed by atoms with van der Waals surface area (Å²) in [6, 6.07) is 2.54. The Kier molecular flexibility index (Phi) is 3.69. The Bertz CT molecular complexity index is 668. The molecule has 2 rings (SSSR count). The maximum atomic E-state index is 13.5. The quantitative estimate of drug-likeness (QED) is 0.721. The molecular weight excluding hydrogens is 296 g/mol. The molecule has 0 aliphatic rings. The van der Waals surface area contributed by atoms with Gasteiger partial charge in [-0.15, -0.1) is 0 Å². The summed E-state index contributed by atoms with van der Waals surface area (Å²) in [5.74, 6) is -1.37. The summed E-state index contributed by atoms with van der Waals surface area (Å²) in [7, 11) is 0. The molecule has 0 N–H and O–H groups in total. The zero-order chi connectivity index (χ0) is 15.1. The van der Waals surface area contributed by atoms with Gasteiger partial charge in [-0.3, -0.25) is 0 Å². The fourth-order valence-corrected chi connectivity index (χ4v) is 1.93. The third-order valence-electron chi connectivity index (χ3n) is 2.81. The molecule has 0 amide bonds. The molecule has 0 unspecified atom stereocenters. The fourth-order valence-electron chi connectivity index (χ4n) is 1.65. The zero-order valence-corrected chi connectivity index (χ0v) is 11.3. The summed E-state index contributed by atoms with van der Waals surface area (Å²) >= 11 is 5.90. The van der Waals surface area contributed by atoms with Crippen LogP contribution in [0.2, 0.25) is 5.15 Å². The standard InChI is InChI=1S/C13H9ClF4N2/c1-6-7(2)20-12(14)11(19-6)8-3-4-9(10(15)5-8)13(16,17)18/h3-5H,1-2H3. The van der Waals surface area contributed by atoms with Gasteiger partial charge in [-0.1, -0.05) is 17.7 Å². The van der Waals surface area contributed by atoms with E-state index < -0.39 is 17.6 Å². The second-order valence-electron chi connectivity index (χ2n) is 4.23. The van der Waals surface area contributed by atoms with E-state index >= 15 is 0 Å². The first kappa shape index (κ1) is 14.7. The molecule has 0 radical (unpaired) electrons. The van der Waals surface area contributed by atoms with E-state index in [9.17, 15) is 17.6 Å². The molecule has 20 heavy (non-hydrogen) atoms. The van der Waals surface area contributed by atoms with E-state index in [1.54, 1.807) is 13.8 Å². The van der Waals surface area contributed by atoms with E-state index in [0.29, 0.717) is 17.5 Å². The molecule has 0 saturated heterocycles. The van der Waals surface area contributed by atoms with Crippen LogP contribution in [0.15, 0.2) is 18.2 Å². The highest BCUT2D eigenvalue weighted by atomic mass is 35.5. The molecule has 0 spiro atoms. The SMILES string of the molecule is Cc1nc(Cl)c(-c2ccc(C(F)(F)F)c(F)c2)nc1C. The summed E-state index contributed by atoms with van der Waals surface area (Å²) in [5.41, 5.74) is 0.156. The van der Waals surface area contributed by atoms with Crippen LogP contribution in [-0.2, 0) is 6.18 Å². The molecule has 0 fully saturated rings. The summed E-state index contributed by atoms with van der Waals surface area (Å²) in [6.45, 7) is 3.38. The highest BCUT2D eigenvalue weighted by Crippen LogP contribution is 2.34. The number of hydrogen-bond acceptors (Lipinski definition) is 2. The van der Waals surface area contributed by atoms with Crippen LogP contribution < -0.4 is 0 Å². The Morgan fingerprint density at radius 1 is 1.05 bits per heavy atom. The summed E-state index contributed by atoms with van der Waals surface area (Å²) in [6.07, 6.45) is -4.73. The van der Waals surface area contributed by atoms with Gasteiger partial charge in [-0.2, -0.15) is 13.2 Å². The summed E-state index contributed by atoms with van der Waals surface area (Å²) in [4.78, 5) is 8.14. The molecule has 0 aliphatic heterocycles. The largest absolute Gasteiger partial charge is 0.419 e. The Morgan fingerprint density at radius 2 is 1.65 bits per heavy atom. The molecule has 0 bridgehead atoms. The van der Waals surface area contributed by atoms with Gasteiger partial charge in [-0.25, -0.2) is 14.4 Å². The third-order valence-corrected chi connectivity index (χ3v) is 3.08. The molecule has 1 aromatic carbocycles. The van der Waals surface area contributed by atoms with Crippen LogP contribution in [0.25, 0.3) is 11.3 Å². The van der Waals surface area contributed by atoms with E-state index in [1.807, 2.05) is 0 Å². The van der Waals surface area contributed by atoms with Crippen LogP contribution in [0.1, 0.15) is 17.0 Å². The van der Waals surface area contributed by atoms with Gasteiger partial charge in [0.2, 0.25) is 0 Å². The van der Waals surface area contributed by atoms with Crippen molar-refractivity contribution in [2.24, 2.45) is 0 Å². The highest BCUT2D eigenvalue weighted by Gasteiger charge is 2.34. The van der Waals surface area contributed by atoms with E-state index in [0.717, 1.165) is 12.1 Å². The Morgan fingerprint density at radius 3 is 2.20 bits per heavy atom. The van der Waals surface area contributed by atoms with Crippen LogP contribution in [0.4, 0.5) is 17.6 Å². The number of hydrogen-bond donors (Lipinski definition) is 0. The van der Waals surface area contributed by atoms with Crippen molar-refractivity contribution in [2.75, 3.05) is 0 Å². The number of aromatic nitrogens is 2. The lowest BCUT2D eigenvalue weighted by Gasteiger charge is -2.10. The van der Waals surface area contributed by atoms with E-state index in [-0.39, 0.29) is 16.4 Å². The Labute approximate surface area is 117 Å². The first-order chi connectivity index (χ1) is 9.20. The lowest BCUT2D eigenvalue weighted by molar-refractivity contribution is -0.139. The first-order valence-electron chi connectivity index (χ1n) is 5.58. The van der Waals surface area contributed by atoms with E-state index in [2.05, 4.69) is 9.97 Å². The third kappa shape index (κ3) is 2.75. The average molecular weight is 305 g/mol. The van der Waals surface area contributed by atoms with Crippen LogP contribution >= 0.6 is 11.6 Å². The average Bonchev–Trinajstić information content (AvgIpc) is 2.32. The van der Waals surface area contributed by atoms with Crippen LogP contribution in [0.3, 0.4) is 0 Å². The molecular formula is C13H9ClF4N2. The zero-order valence-electron chi connectivity index (χ0n) is 10.5. The van der Waals surface area contributed by atoms with E-state index in [1.165, 1.54) is 0 Å². The van der Waals surface area contributed by atoms with Gasteiger partial charge in [0.25, 0.3) is 0 Å². The molecule has 1 aromatic heterocycles. The van der Waals surface area contributed by atoms with Gasteiger partial charge in [0, 0.05) is 5.56 Å². The molecule has 1 heterocycles. The van der Waals surface area contributed by atoms with Crippen molar-refractivity contribution in [1.29, 1.82) is 0 Å². The van der Waals surface area contributed by atoms with E-state index in [4.69, 9.17) is 11.6 Å². The molecule has 2 nitrogen and oxygen atoms in total. The van der Waals surface area contributed by atoms with Crippen molar-refractivity contribution in [1.82, 2.24) is 9.97 Å². The molecule has 0 saturated carbocycles. The summed E-state index contributed by atoms with van der Waals surface area (Å²) < 4.78 is 51.0. The second-order valence-corrected chi connectivity index (χ2v) is 4.58. The van der Waals surface area contributed by atoms with Gasteiger partial charge in [0.05, 0.1) is 17.0 Å². The van der Waals surface area contributed by atoms with Gasteiger partial charge in [-0.05, 0) is 26.0 Å². The van der Waals surface area contributed by atoms with Gasteiger partial charge >= 0.3 is 6.18 Å². The van der Waals surface area contributed by atoms with Crippen LogP contribution in [0, 0.1) is 19.7 Å². The predicted molar refractivity (Wildman–Crippen MR) is 66.9 cm³/mol. The predicted octanol–water partition coefficient (Wildman–Crippen LogP) is 4.57. The van der Waals surface area contributed by atoms with Crippen molar-refractivity contribution < 1.29 is 17.6 Å². The second kappa shape index (κ2) is 5.01. The molecule has 7 heteroatoms. The fraction of sp³-hybridized carbons (Fsp3) is 0.231. The van der Waals surface area contributed by atoms with Gasteiger partial charge in [0.1, 0.15) is 11.5 Å². The minimum absolute atomic E-state index is 0.0206. The number of rotatable bonds is 1. The number of halogens is 5. The first-order valence-corrected chi connectivity index (χ1v) is 5.96. The lowest BCUT2D eigenvalue weighted by Crippen LogP contribution is -2.08. The number of nitrogens with zero attached hydrogens (tertiary/aromatic N) is 2. The van der Waals surface area contributed by atoms with Crippen molar-refractivity contribution in [3.63, 3.8) is 0 Å². The minimum atomic E-state index is -4.73. The molecule has 0 atom stereocenters. The summed E-state index contributed by atoms with van der Waals surface area (Å²) in [5, 5.41) is 0.0206. The van der Waals surface area contributed by atoms with Crippen molar-refractivity contribution in [3.05, 3.63) is 46.1 Å². The van der Waals surface area contributed by atoms with Crippen LogP contribution in [0.5, 0.6) is 0 Å². The Hall–Kier alpha value is -1.69. The minimum Gasteiger partial charge on any atom is -0.248 e. The normalized spacial score (nSPS) is 11.8.